The van der Waals surface area contributed by atoms with Crippen molar-refractivity contribution >= 4 is 35.3 Å². The fraction of sp³-hybridized carbons (Fsp3) is 0.125. The number of nitrogens with zero attached hydrogens (tertiary/aromatic N) is 1. The number of hydrogen-bond acceptors (Lipinski definition) is 7. The number of esters is 1. The van der Waals surface area contributed by atoms with E-state index in [4.69, 9.17) is 4.42 Å². The second kappa shape index (κ2) is 9.41. The van der Waals surface area contributed by atoms with E-state index in [-0.39, 0.29) is 29.8 Å². The Hall–Kier alpha value is -4.73. The Labute approximate surface area is 193 Å². The Morgan fingerprint density at radius 2 is 1.62 bits per heavy atom. The van der Waals surface area contributed by atoms with Crippen LogP contribution in [0, 0.1) is 0 Å². The van der Waals surface area contributed by atoms with Gasteiger partial charge in [-0.1, -0.05) is 0 Å². The molecule has 0 saturated carbocycles. The van der Waals surface area contributed by atoms with Crippen LogP contribution in [0.2, 0.25) is 0 Å². The number of nitrogens with one attached hydrogen (secondary N) is 2. The summed E-state index contributed by atoms with van der Waals surface area (Å²) in [5, 5.41) is 5.09. The summed E-state index contributed by atoms with van der Waals surface area (Å²) in [6.07, 6.45) is 1.46. The third-order valence-electron chi connectivity index (χ3n) is 5.15. The lowest BCUT2D eigenvalue weighted by atomic mass is 10.1. The highest BCUT2D eigenvalue weighted by molar-refractivity contribution is 6.22. The molecule has 172 valence electrons. The molecule has 4 amide bonds. The van der Waals surface area contributed by atoms with Crippen molar-refractivity contribution in [1.29, 1.82) is 0 Å². The number of imide groups is 1. The van der Waals surface area contributed by atoms with Crippen molar-refractivity contribution in [2.24, 2.45) is 0 Å². The quantitative estimate of drug-likeness (QED) is 0.407. The number of rotatable bonds is 7. The number of methoxy groups -OCH3 is 1. The van der Waals surface area contributed by atoms with Gasteiger partial charge >= 0.3 is 5.97 Å². The highest BCUT2D eigenvalue weighted by Crippen LogP contribution is 2.26. The summed E-state index contributed by atoms with van der Waals surface area (Å²) in [5.74, 6) is -2.02. The van der Waals surface area contributed by atoms with Crippen molar-refractivity contribution < 1.29 is 33.1 Å². The Morgan fingerprint density at radius 1 is 0.912 bits per heavy atom. The Bertz CT molecular complexity index is 1280. The maximum Gasteiger partial charge on any atom is 0.325 e. The molecule has 2 heterocycles. The largest absolute Gasteiger partial charge is 0.468 e. The minimum Gasteiger partial charge on any atom is -0.468 e. The van der Waals surface area contributed by atoms with Crippen molar-refractivity contribution in [3.05, 3.63) is 88.9 Å². The number of carbonyl (C=O) groups excluding carboxylic acids is 5. The molecule has 0 aliphatic carbocycles. The molecule has 3 aromatic rings. The van der Waals surface area contributed by atoms with Crippen molar-refractivity contribution in [2.45, 2.75) is 6.54 Å². The van der Waals surface area contributed by atoms with Crippen LogP contribution in [0.15, 0.2) is 65.3 Å². The SMILES string of the molecule is COC(=O)CNC(=O)c1ccc(NC(=O)c2ccc3c(c2)C(=O)N(Cc2ccco2)C3=O)cc1. The minimum atomic E-state index is -0.573. The molecule has 0 saturated heterocycles. The van der Waals surface area contributed by atoms with E-state index in [0.29, 0.717) is 17.0 Å². The number of furan rings is 1. The van der Waals surface area contributed by atoms with Gasteiger partial charge in [-0.05, 0) is 54.6 Å². The first-order valence-electron chi connectivity index (χ1n) is 10.2. The van der Waals surface area contributed by atoms with Crippen LogP contribution in [0.4, 0.5) is 5.69 Å². The highest BCUT2D eigenvalue weighted by atomic mass is 16.5. The van der Waals surface area contributed by atoms with E-state index < -0.39 is 29.6 Å². The Morgan fingerprint density at radius 3 is 2.29 bits per heavy atom. The molecule has 0 unspecified atom stereocenters. The Kier molecular flexibility index (Phi) is 6.22. The average Bonchev–Trinajstić information content (AvgIpc) is 3.45. The van der Waals surface area contributed by atoms with Gasteiger partial charge in [-0.2, -0.15) is 0 Å². The molecule has 2 aromatic carbocycles. The van der Waals surface area contributed by atoms with Crippen molar-refractivity contribution in [3.63, 3.8) is 0 Å². The van der Waals surface area contributed by atoms with Gasteiger partial charge in [0.05, 0.1) is 31.0 Å². The number of carbonyl (C=O) groups is 5. The lowest BCUT2D eigenvalue weighted by Crippen LogP contribution is -2.30. The van der Waals surface area contributed by atoms with Gasteiger partial charge in [0, 0.05) is 16.8 Å². The minimum absolute atomic E-state index is 0.000428. The van der Waals surface area contributed by atoms with Gasteiger partial charge in [0.25, 0.3) is 23.6 Å². The Balaban J connectivity index is 1.42. The smallest absolute Gasteiger partial charge is 0.325 e. The molecule has 34 heavy (non-hydrogen) atoms. The van der Waals surface area contributed by atoms with E-state index in [9.17, 15) is 24.0 Å². The first-order chi connectivity index (χ1) is 16.4. The van der Waals surface area contributed by atoms with Crippen LogP contribution in [0.3, 0.4) is 0 Å². The summed E-state index contributed by atoms with van der Waals surface area (Å²) in [7, 11) is 1.22. The monoisotopic (exact) mass is 461 g/mol. The predicted molar refractivity (Wildman–Crippen MR) is 118 cm³/mol. The number of anilines is 1. The molecule has 1 aliphatic heterocycles. The zero-order chi connectivity index (χ0) is 24.2. The molecular formula is C24H19N3O7. The summed E-state index contributed by atoms with van der Waals surface area (Å²) in [5.41, 5.74) is 1.26. The molecule has 2 N–H and O–H groups in total. The van der Waals surface area contributed by atoms with E-state index in [0.717, 1.165) is 4.90 Å². The lowest BCUT2D eigenvalue weighted by molar-refractivity contribution is -0.139. The zero-order valence-electron chi connectivity index (χ0n) is 18.0. The van der Waals surface area contributed by atoms with Crippen LogP contribution in [0.1, 0.15) is 47.2 Å². The van der Waals surface area contributed by atoms with Crippen LogP contribution in [-0.2, 0) is 16.1 Å². The molecule has 0 radical (unpaired) electrons. The van der Waals surface area contributed by atoms with E-state index in [1.807, 2.05) is 0 Å². The maximum absolute atomic E-state index is 12.7. The van der Waals surface area contributed by atoms with E-state index >= 15 is 0 Å². The highest BCUT2D eigenvalue weighted by Gasteiger charge is 2.36. The molecule has 4 rings (SSSR count). The number of amides is 4. The molecule has 0 spiro atoms. The van der Waals surface area contributed by atoms with Crippen molar-refractivity contribution in [3.8, 4) is 0 Å². The number of fused-ring (bicyclic) bond motifs is 1. The lowest BCUT2D eigenvalue weighted by Gasteiger charge is -2.11. The number of hydrogen-bond donors (Lipinski definition) is 2. The van der Waals surface area contributed by atoms with Crippen LogP contribution < -0.4 is 10.6 Å². The molecule has 0 fully saturated rings. The predicted octanol–water partition coefficient (Wildman–Crippen LogP) is 2.23. The second-order valence-corrected chi connectivity index (χ2v) is 7.33. The van der Waals surface area contributed by atoms with Crippen molar-refractivity contribution in [1.82, 2.24) is 10.2 Å². The summed E-state index contributed by atoms with van der Waals surface area (Å²) in [6.45, 7) is -0.257. The van der Waals surface area contributed by atoms with E-state index in [1.165, 1.54) is 55.8 Å². The van der Waals surface area contributed by atoms with Gasteiger partial charge in [0.15, 0.2) is 0 Å². The van der Waals surface area contributed by atoms with E-state index in [1.54, 1.807) is 12.1 Å². The van der Waals surface area contributed by atoms with Crippen LogP contribution >= 0.6 is 0 Å². The maximum atomic E-state index is 12.7. The first-order valence-corrected chi connectivity index (χ1v) is 10.2. The average molecular weight is 461 g/mol. The van der Waals surface area contributed by atoms with Gasteiger partial charge in [-0.25, -0.2) is 0 Å². The first kappa shape index (κ1) is 22.5. The van der Waals surface area contributed by atoms with Crippen LogP contribution in [-0.4, -0.2) is 48.2 Å². The van der Waals surface area contributed by atoms with Gasteiger partial charge < -0.3 is 19.8 Å². The summed E-state index contributed by atoms with van der Waals surface area (Å²) in [4.78, 5) is 62.3. The topological polar surface area (TPSA) is 135 Å². The standard InChI is InChI=1S/C24H19N3O7/c1-33-20(28)12-25-21(29)14-4-7-16(8-5-14)26-22(30)15-6-9-18-19(11-15)24(32)27(23(18)31)13-17-3-2-10-34-17/h2-11H,12-13H2,1H3,(H,25,29)(H,26,30). The zero-order valence-corrected chi connectivity index (χ0v) is 18.0. The summed E-state index contributed by atoms with van der Waals surface area (Å²) in [6, 6.07) is 13.6. The fourth-order valence-corrected chi connectivity index (χ4v) is 3.37. The third kappa shape index (κ3) is 4.56. The number of ether oxygens (including phenoxy) is 1. The van der Waals surface area contributed by atoms with Gasteiger partial charge in [-0.3, -0.25) is 28.9 Å². The summed E-state index contributed by atoms with van der Waals surface area (Å²) >= 11 is 0. The molecule has 1 aliphatic rings. The van der Waals surface area contributed by atoms with Crippen molar-refractivity contribution in [2.75, 3.05) is 19.0 Å². The fourth-order valence-electron chi connectivity index (χ4n) is 3.37. The molecule has 10 nitrogen and oxygen atoms in total. The van der Waals surface area contributed by atoms with Gasteiger partial charge in [0.2, 0.25) is 0 Å². The molecular weight excluding hydrogens is 442 g/mol. The second-order valence-electron chi connectivity index (χ2n) is 7.33. The molecule has 0 atom stereocenters. The molecule has 0 bridgehead atoms. The van der Waals surface area contributed by atoms with Crippen LogP contribution in [0.25, 0.3) is 0 Å². The number of benzene rings is 2. The normalized spacial score (nSPS) is 12.3. The van der Waals surface area contributed by atoms with Crippen LogP contribution in [0.5, 0.6) is 0 Å². The van der Waals surface area contributed by atoms with Gasteiger partial charge in [-0.15, -0.1) is 0 Å². The molecule has 10 heteroatoms. The summed E-state index contributed by atoms with van der Waals surface area (Å²) < 4.78 is 9.68. The van der Waals surface area contributed by atoms with E-state index in [2.05, 4.69) is 15.4 Å². The third-order valence-corrected chi connectivity index (χ3v) is 5.15. The molecule has 1 aromatic heterocycles. The van der Waals surface area contributed by atoms with Gasteiger partial charge in [0.1, 0.15) is 12.3 Å².